The van der Waals surface area contributed by atoms with E-state index in [9.17, 15) is 4.79 Å². The number of carboxylic acids is 1. The standard InChI is InChI=1S/C11H12N4O2/c1-6-13-7(2)15(14-6)10-4-3-8(11(16)17)5-9(10)12/h3-5H,12H2,1-2H3,(H,16,17). The van der Waals surface area contributed by atoms with Gasteiger partial charge in [0.25, 0.3) is 0 Å². The van der Waals surface area contributed by atoms with Gasteiger partial charge >= 0.3 is 5.97 Å². The smallest absolute Gasteiger partial charge is 0.335 e. The zero-order valence-corrected chi connectivity index (χ0v) is 9.51. The first-order chi connectivity index (χ1) is 7.99. The molecule has 2 aromatic rings. The van der Waals surface area contributed by atoms with Gasteiger partial charge in [0.15, 0.2) is 0 Å². The van der Waals surface area contributed by atoms with Crippen LogP contribution in [0, 0.1) is 13.8 Å². The Hall–Kier alpha value is -2.37. The van der Waals surface area contributed by atoms with E-state index < -0.39 is 5.97 Å². The van der Waals surface area contributed by atoms with Crippen LogP contribution in [0.15, 0.2) is 18.2 Å². The fraction of sp³-hybridized carbons (Fsp3) is 0.182. The zero-order valence-electron chi connectivity index (χ0n) is 9.51. The van der Waals surface area contributed by atoms with Gasteiger partial charge in [0.1, 0.15) is 11.6 Å². The number of aryl methyl sites for hydroxylation is 2. The van der Waals surface area contributed by atoms with Crippen LogP contribution in [0.5, 0.6) is 0 Å². The summed E-state index contributed by atoms with van der Waals surface area (Å²) >= 11 is 0. The monoisotopic (exact) mass is 232 g/mol. The van der Waals surface area contributed by atoms with Gasteiger partial charge in [0.05, 0.1) is 16.9 Å². The molecule has 3 N–H and O–H groups in total. The van der Waals surface area contributed by atoms with Gasteiger partial charge in [-0.15, -0.1) is 0 Å². The molecule has 6 heteroatoms. The van der Waals surface area contributed by atoms with Crippen LogP contribution in [0.1, 0.15) is 22.0 Å². The van der Waals surface area contributed by atoms with Crippen molar-refractivity contribution in [2.75, 3.05) is 5.73 Å². The van der Waals surface area contributed by atoms with Crippen molar-refractivity contribution in [2.24, 2.45) is 0 Å². The minimum atomic E-state index is -1.00. The number of aromatic nitrogens is 3. The molecule has 0 saturated carbocycles. The summed E-state index contributed by atoms with van der Waals surface area (Å²) in [6, 6.07) is 4.53. The minimum absolute atomic E-state index is 0.153. The van der Waals surface area contributed by atoms with Crippen LogP contribution in [-0.4, -0.2) is 25.8 Å². The Morgan fingerprint density at radius 1 is 1.41 bits per heavy atom. The van der Waals surface area contributed by atoms with E-state index in [-0.39, 0.29) is 5.56 Å². The normalized spacial score (nSPS) is 10.5. The molecule has 88 valence electrons. The number of nitrogens with zero attached hydrogens (tertiary/aromatic N) is 3. The number of nitrogen functional groups attached to an aromatic ring is 1. The molecular formula is C11H12N4O2. The van der Waals surface area contributed by atoms with Crippen LogP contribution in [0.25, 0.3) is 5.69 Å². The van der Waals surface area contributed by atoms with Crippen molar-refractivity contribution >= 4 is 11.7 Å². The van der Waals surface area contributed by atoms with Crippen molar-refractivity contribution < 1.29 is 9.90 Å². The summed E-state index contributed by atoms with van der Waals surface area (Å²) in [7, 11) is 0. The molecule has 1 aromatic heterocycles. The maximum Gasteiger partial charge on any atom is 0.335 e. The van der Waals surface area contributed by atoms with Crippen molar-refractivity contribution in [2.45, 2.75) is 13.8 Å². The highest BCUT2D eigenvalue weighted by Crippen LogP contribution is 2.19. The molecule has 17 heavy (non-hydrogen) atoms. The third-order valence-electron chi connectivity index (χ3n) is 2.38. The van der Waals surface area contributed by atoms with Gasteiger partial charge < -0.3 is 10.8 Å². The predicted octanol–water partition coefficient (Wildman–Crippen LogP) is 1.16. The van der Waals surface area contributed by atoms with Crippen LogP contribution in [0.2, 0.25) is 0 Å². The number of carboxylic acid groups (broad SMARTS) is 1. The number of hydrogen-bond donors (Lipinski definition) is 2. The van der Waals surface area contributed by atoms with Gasteiger partial charge in [-0.3, -0.25) is 0 Å². The maximum absolute atomic E-state index is 10.8. The molecule has 1 aromatic carbocycles. The molecule has 0 fully saturated rings. The van der Waals surface area contributed by atoms with E-state index >= 15 is 0 Å². The number of nitrogens with two attached hydrogens (primary N) is 1. The highest BCUT2D eigenvalue weighted by atomic mass is 16.4. The molecule has 0 aliphatic rings. The van der Waals surface area contributed by atoms with E-state index in [1.807, 2.05) is 6.92 Å². The van der Waals surface area contributed by atoms with Crippen molar-refractivity contribution in [1.29, 1.82) is 0 Å². The predicted molar refractivity (Wildman–Crippen MR) is 62.2 cm³/mol. The van der Waals surface area contributed by atoms with E-state index in [1.54, 1.807) is 17.7 Å². The number of anilines is 1. The molecule has 0 unspecified atom stereocenters. The fourth-order valence-corrected chi connectivity index (χ4v) is 1.63. The SMILES string of the molecule is Cc1nc(C)n(-c2ccc(C(=O)O)cc2N)n1. The highest BCUT2D eigenvalue weighted by Gasteiger charge is 2.11. The molecule has 0 spiro atoms. The first-order valence-electron chi connectivity index (χ1n) is 5.02. The Bertz CT molecular complexity index is 589. The summed E-state index contributed by atoms with van der Waals surface area (Å²) in [6.45, 7) is 3.59. The zero-order chi connectivity index (χ0) is 12.6. The molecule has 0 amide bonds. The quantitative estimate of drug-likeness (QED) is 0.758. The van der Waals surface area contributed by atoms with Crippen molar-refractivity contribution in [1.82, 2.24) is 14.8 Å². The summed E-state index contributed by atoms with van der Waals surface area (Å²) in [5, 5.41) is 13.0. The topological polar surface area (TPSA) is 94.0 Å². The molecule has 0 saturated heterocycles. The maximum atomic E-state index is 10.8. The molecular weight excluding hydrogens is 220 g/mol. The van der Waals surface area contributed by atoms with Crippen LogP contribution < -0.4 is 5.73 Å². The Morgan fingerprint density at radius 2 is 2.12 bits per heavy atom. The van der Waals surface area contributed by atoms with Crippen molar-refractivity contribution in [3.8, 4) is 5.69 Å². The lowest BCUT2D eigenvalue weighted by Crippen LogP contribution is -2.06. The van der Waals surface area contributed by atoms with Gasteiger partial charge in [0, 0.05) is 0 Å². The molecule has 0 bridgehead atoms. The summed E-state index contributed by atoms with van der Waals surface area (Å²) in [4.78, 5) is 14.9. The summed E-state index contributed by atoms with van der Waals surface area (Å²) in [5.74, 6) is 0.344. The van der Waals surface area contributed by atoms with Crippen LogP contribution in [0.3, 0.4) is 0 Å². The minimum Gasteiger partial charge on any atom is -0.478 e. The third kappa shape index (κ3) is 1.96. The summed E-state index contributed by atoms with van der Waals surface area (Å²) in [6.07, 6.45) is 0. The van der Waals surface area contributed by atoms with E-state index in [0.717, 1.165) is 0 Å². The fourth-order valence-electron chi connectivity index (χ4n) is 1.63. The summed E-state index contributed by atoms with van der Waals surface area (Å²) in [5.41, 5.74) is 6.96. The van der Waals surface area contributed by atoms with Gasteiger partial charge in [-0.1, -0.05) is 0 Å². The average molecular weight is 232 g/mol. The molecule has 0 radical (unpaired) electrons. The Kier molecular flexibility index (Phi) is 2.55. The van der Waals surface area contributed by atoms with Crippen molar-refractivity contribution in [3.05, 3.63) is 35.4 Å². The van der Waals surface area contributed by atoms with E-state index in [0.29, 0.717) is 23.0 Å². The molecule has 0 aliphatic heterocycles. The number of carbonyl (C=O) groups is 1. The van der Waals surface area contributed by atoms with Crippen LogP contribution in [-0.2, 0) is 0 Å². The molecule has 1 heterocycles. The van der Waals surface area contributed by atoms with Crippen molar-refractivity contribution in [3.63, 3.8) is 0 Å². The molecule has 6 nitrogen and oxygen atoms in total. The van der Waals surface area contributed by atoms with Gasteiger partial charge in [-0.05, 0) is 32.0 Å². The first kappa shape index (κ1) is 11.1. The van der Waals surface area contributed by atoms with Crippen LogP contribution in [0.4, 0.5) is 5.69 Å². The second-order valence-corrected chi connectivity index (χ2v) is 3.70. The summed E-state index contributed by atoms with van der Waals surface area (Å²) < 4.78 is 1.59. The number of benzene rings is 1. The number of hydrogen-bond acceptors (Lipinski definition) is 4. The van der Waals surface area contributed by atoms with E-state index in [4.69, 9.17) is 10.8 Å². The Morgan fingerprint density at radius 3 is 2.59 bits per heavy atom. The lowest BCUT2D eigenvalue weighted by Gasteiger charge is -2.07. The average Bonchev–Trinajstić information content (AvgIpc) is 2.57. The van der Waals surface area contributed by atoms with E-state index in [1.165, 1.54) is 12.1 Å². The molecule has 2 rings (SSSR count). The Balaban J connectivity index is 2.54. The first-order valence-corrected chi connectivity index (χ1v) is 5.02. The van der Waals surface area contributed by atoms with Gasteiger partial charge in [-0.2, -0.15) is 5.10 Å². The molecule has 0 atom stereocenters. The lowest BCUT2D eigenvalue weighted by atomic mass is 10.2. The van der Waals surface area contributed by atoms with Gasteiger partial charge in [0.2, 0.25) is 0 Å². The third-order valence-corrected chi connectivity index (χ3v) is 2.38. The lowest BCUT2D eigenvalue weighted by molar-refractivity contribution is 0.0697. The Labute approximate surface area is 97.7 Å². The van der Waals surface area contributed by atoms with Crippen LogP contribution >= 0.6 is 0 Å². The largest absolute Gasteiger partial charge is 0.478 e. The molecule has 0 aliphatic carbocycles. The highest BCUT2D eigenvalue weighted by molar-refractivity contribution is 5.89. The van der Waals surface area contributed by atoms with Gasteiger partial charge in [-0.25, -0.2) is 14.5 Å². The second-order valence-electron chi connectivity index (χ2n) is 3.70. The van der Waals surface area contributed by atoms with E-state index in [2.05, 4.69) is 10.1 Å². The number of rotatable bonds is 2. The second kappa shape index (κ2) is 3.89. The number of aromatic carboxylic acids is 1.